The van der Waals surface area contributed by atoms with E-state index in [0.717, 1.165) is 18.4 Å². The molecule has 5 nitrogen and oxygen atoms in total. The highest BCUT2D eigenvalue weighted by Crippen LogP contribution is 2.28. The Hall–Kier alpha value is -2.00. The summed E-state index contributed by atoms with van der Waals surface area (Å²) in [6, 6.07) is 4.72. The van der Waals surface area contributed by atoms with Crippen LogP contribution in [0.15, 0.2) is 40.1 Å². The first-order valence-corrected chi connectivity index (χ1v) is 9.92. The molecule has 0 heterocycles. The van der Waals surface area contributed by atoms with Crippen molar-refractivity contribution >= 4 is 20.0 Å². The van der Waals surface area contributed by atoms with Gasteiger partial charge in [0.1, 0.15) is 10.7 Å². The Labute approximate surface area is 138 Å². The van der Waals surface area contributed by atoms with Crippen LogP contribution in [-0.4, -0.2) is 23.1 Å². The molecule has 2 aromatic carbocycles. The highest BCUT2D eigenvalue weighted by Gasteiger charge is 2.25. The molecule has 0 spiro atoms. The second kappa shape index (κ2) is 6.14. The molecule has 0 fully saturated rings. The van der Waals surface area contributed by atoms with Crippen molar-refractivity contribution in [3.8, 4) is 5.75 Å². The van der Waals surface area contributed by atoms with Crippen LogP contribution in [0.3, 0.4) is 0 Å². The summed E-state index contributed by atoms with van der Waals surface area (Å²) in [5, 5.41) is 0. The molecule has 2 aromatic rings. The van der Waals surface area contributed by atoms with E-state index in [-0.39, 0.29) is 10.5 Å². The highest BCUT2D eigenvalue weighted by molar-refractivity contribution is 7.91. The second-order valence-corrected chi connectivity index (χ2v) is 8.77. The second-order valence-electron chi connectivity index (χ2n) is 5.27. The lowest BCUT2D eigenvalue weighted by molar-refractivity contribution is 0.457. The monoisotopic (exact) mass is 376 g/mol. The van der Waals surface area contributed by atoms with Gasteiger partial charge in [-0.05, 0) is 49.2 Å². The molecule has 0 N–H and O–H groups in total. The van der Waals surface area contributed by atoms with Crippen LogP contribution in [0.5, 0.6) is 5.75 Å². The van der Waals surface area contributed by atoms with Gasteiger partial charge in [-0.1, -0.05) is 0 Å². The van der Waals surface area contributed by atoms with Crippen molar-refractivity contribution in [3.05, 3.63) is 53.1 Å². The van der Waals surface area contributed by atoms with Crippen LogP contribution in [0.1, 0.15) is 11.1 Å². The van der Waals surface area contributed by atoms with Gasteiger partial charge >= 0.3 is 10.1 Å². The fourth-order valence-electron chi connectivity index (χ4n) is 2.14. The Balaban J connectivity index is 2.60. The number of halogens is 2. The van der Waals surface area contributed by atoms with Gasteiger partial charge in [0.2, 0.25) is 0 Å². The van der Waals surface area contributed by atoms with Crippen LogP contribution in [0.4, 0.5) is 8.78 Å². The van der Waals surface area contributed by atoms with Gasteiger partial charge in [-0.15, -0.1) is 0 Å². The molecule has 0 aliphatic rings. The van der Waals surface area contributed by atoms with Crippen molar-refractivity contribution in [1.82, 2.24) is 0 Å². The molecule has 2 rings (SSSR count). The molecular formula is C15H14F2O5S2. The summed E-state index contributed by atoms with van der Waals surface area (Å²) in [7, 11) is -8.18. The smallest absolute Gasteiger partial charge is 0.339 e. The first-order chi connectivity index (χ1) is 10.9. The van der Waals surface area contributed by atoms with Crippen molar-refractivity contribution in [3.63, 3.8) is 0 Å². The number of benzene rings is 2. The summed E-state index contributed by atoms with van der Waals surface area (Å²) < 4.78 is 79.6. The lowest BCUT2D eigenvalue weighted by Crippen LogP contribution is -2.14. The van der Waals surface area contributed by atoms with Gasteiger partial charge in [-0.25, -0.2) is 17.2 Å². The van der Waals surface area contributed by atoms with Crippen LogP contribution < -0.4 is 4.18 Å². The quantitative estimate of drug-likeness (QED) is 0.767. The Morgan fingerprint density at radius 3 is 2.04 bits per heavy atom. The molecule has 130 valence electrons. The Morgan fingerprint density at radius 1 is 0.917 bits per heavy atom. The van der Waals surface area contributed by atoms with Crippen LogP contribution in [-0.2, 0) is 20.0 Å². The van der Waals surface area contributed by atoms with Crippen LogP contribution in [0.2, 0.25) is 0 Å². The SMILES string of the molecule is Cc1cc(S(C)(=O)=O)c(C)c(S(=O)(=O)Oc2ccc(F)cc2F)c1. The predicted molar refractivity (Wildman–Crippen MR) is 83.2 cm³/mol. The summed E-state index contributed by atoms with van der Waals surface area (Å²) in [5.41, 5.74) is 0.341. The third kappa shape index (κ3) is 3.73. The summed E-state index contributed by atoms with van der Waals surface area (Å²) in [6.07, 6.45) is 0.950. The molecule has 0 aliphatic carbocycles. The topological polar surface area (TPSA) is 77.5 Å². The summed E-state index contributed by atoms with van der Waals surface area (Å²) >= 11 is 0. The van der Waals surface area contributed by atoms with E-state index in [2.05, 4.69) is 0 Å². The third-order valence-electron chi connectivity index (χ3n) is 3.22. The van der Waals surface area contributed by atoms with Gasteiger partial charge in [-0.3, -0.25) is 0 Å². The summed E-state index contributed by atoms with van der Waals surface area (Å²) in [4.78, 5) is -0.559. The standard InChI is InChI=1S/C15H14F2O5S2/c1-9-6-14(23(3,18)19)10(2)15(7-9)24(20,21)22-13-5-4-11(16)8-12(13)17/h4-8H,1-3H3. The third-order valence-corrected chi connectivity index (χ3v) is 5.80. The average molecular weight is 376 g/mol. The van der Waals surface area contributed by atoms with Crippen molar-refractivity contribution in [1.29, 1.82) is 0 Å². The van der Waals surface area contributed by atoms with Crippen molar-refractivity contribution in [2.24, 2.45) is 0 Å². The van der Waals surface area contributed by atoms with Crippen molar-refractivity contribution in [2.75, 3.05) is 6.26 Å². The maximum atomic E-state index is 13.6. The van der Waals surface area contributed by atoms with Gasteiger partial charge < -0.3 is 4.18 Å². The van der Waals surface area contributed by atoms with Gasteiger partial charge in [0.25, 0.3) is 0 Å². The van der Waals surface area contributed by atoms with E-state index < -0.39 is 42.2 Å². The molecule has 0 aliphatic heterocycles. The largest absolute Gasteiger partial charge is 0.376 e. The van der Waals surface area contributed by atoms with Crippen LogP contribution in [0.25, 0.3) is 0 Å². The number of sulfone groups is 1. The summed E-state index contributed by atoms with van der Waals surface area (Å²) in [6.45, 7) is 2.83. The zero-order valence-corrected chi connectivity index (χ0v) is 14.6. The summed E-state index contributed by atoms with van der Waals surface area (Å²) in [5.74, 6) is -2.76. The molecular weight excluding hydrogens is 362 g/mol. The minimum atomic E-state index is -4.51. The predicted octanol–water partition coefficient (Wildman–Crippen LogP) is 2.75. The van der Waals surface area contributed by atoms with E-state index in [1.54, 1.807) is 0 Å². The van der Waals surface area contributed by atoms with E-state index in [1.807, 2.05) is 0 Å². The Morgan fingerprint density at radius 2 is 1.50 bits per heavy atom. The van der Waals surface area contributed by atoms with Gasteiger partial charge in [0, 0.05) is 12.3 Å². The lowest BCUT2D eigenvalue weighted by Gasteiger charge is -2.13. The zero-order valence-electron chi connectivity index (χ0n) is 13.0. The number of rotatable bonds is 4. The maximum absolute atomic E-state index is 13.6. The van der Waals surface area contributed by atoms with E-state index >= 15 is 0 Å². The van der Waals surface area contributed by atoms with Gasteiger partial charge in [0.05, 0.1) is 4.90 Å². The fraction of sp³-hybridized carbons (Fsp3) is 0.200. The zero-order chi connectivity index (χ0) is 18.3. The molecule has 0 unspecified atom stereocenters. The Bertz CT molecular complexity index is 1010. The molecule has 0 amide bonds. The minimum Gasteiger partial charge on any atom is -0.376 e. The molecule has 0 atom stereocenters. The minimum absolute atomic E-state index is 0.0365. The first-order valence-electron chi connectivity index (χ1n) is 6.62. The van der Waals surface area contributed by atoms with Gasteiger partial charge in [-0.2, -0.15) is 8.42 Å². The molecule has 0 saturated heterocycles. The van der Waals surface area contributed by atoms with E-state index in [1.165, 1.54) is 26.0 Å². The van der Waals surface area contributed by atoms with E-state index in [0.29, 0.717) is 11.6 Å². The van der Waals surface area contributed by atoms with E-state index in [9.17, 15) is 25.6 Å². The number of hydrogen-bond acceptors (Lipinski definition) is 5. The number of hydrogen-bond donors (Lipinski definition) is 0. The van der Waals surface area contributed by atoms with E-state index in [4.69, 9.17) is 4.18 Å². The van der Waals surface area contributed by atoms with Crippen molar-refractivity contribution < 1.29 is 29.8 Å². The average Bonchev–Trinajstić information content (AvgIpc) is 2.42. The molecule has 0 radical (unpaired) electrons. The molecule has 0 bridgehead atoms. The van der Waals surface area contributed by atoms with Gasteiger partial charge in [0.15, 0.2) is 21.4 Å². The van der Waals surface area contributed by atoms with Crippen LogP contribution >= 0.6 is 0 Å². The Kier molecular flexibility index (Phi) is 4.69. The lowest BCUT2D eigenvalue weighted by atomic mass is 10.2. The normalized spacial score (nSPS) is 12.2. The molecule has 9 heteroatoms. The molecule has 0 saturated carbocycles. The molecule has 24 heavy (non-hydrogen) atoms. The van der Waals surface area contributed by atoms with Crippen molar-refractivity contribution in [2.45, 2.75) is 23.6 Å². The fourth-order valence-corrected chi connectivity index (χ4v) is 4.55. The van der Waals surface area contributed by atoms with Crippen LogP contribution in [0, 0.1) is 25.5 Å². The maximum Gasteiger partial charge on any atom is 0.339 e. The first kappa shape index (κ1) is 18.3. The molecule has 0 aromatic heterocycles. The highest BCUT2D eigenvalue weighted by atomic mass is 32.2. The number of aryl methyl sites for hydroxylation is 1.